The molecule has 0 saturated heterocycles. The number of pyridine rings is 1. The average Bonchev–Trinajstić information content (AvgIpc) is 3.90. The third-order valence-electron chi connectivity index (χ3n) is 14.0. The summed E-state index contributed by atoms with van der Waals surface area (Å²) < 4.78 is 2.41. The zero-order valence-corrected chi connectivity index (χ0v) is 35.3. The van der Waals surface area contributed by atoms with Crippen molar-refractivity contribution in [1.29, 1.82) is 0 Å². The summed E-state index contributed by atoms with van der Waals surface area (Å²) in [5.41, 5.74) is 19.6. The predicted molar refractivity (Wildman–Crippen MR) is 275 cm³/mol. The quantitative estimate of drug-likeness (QED) is 0.169. The van der Waals surface area contributed by atoms with Crippen molar-refractivity contribution in [2.24, 2.45) is 0 Å². The van der Waals surface area contributed by atoms with Crippen molar-refractivity contribution in [3.8, 4) is 72.4 Å². The van der Waals surface area contributed by atoms with Crippen LogP contribution in [0.2, 0.25) is 0 Å². The Labute approximate surface area is 375 Å². The Morgan fingerprint density at radius 2 is 0.800 bits per heavy atom. The molecule has 1 aliphatic rings. The van der Waals surface area contributed by atoms with Gasteiger partial charge in [-0.3, -0.25) is 4.98 Å². The number of fused-ring (bicyclic) bond motifs is 10. The lowest BCUT2D eigenvalue weighted by Gasteiger charge is -2.20. The maximum atomic E-state index is 4.85. The summed E-state index contributed by atoms with van der Waals surface area (Å²) >= 11 is 0. The SMILES string of the molecule is c1ccc(-c2c3c(c(-c4ccc(-c5cccc6ccccc56)cc4)c4ccccc24)-c2cccc4c(-c5ccc(-n6c7ccccc7c7cnc8ccccc8c76)cc5)ccc-3c24)cc1. The van der Waals surface area contributed by atoms with Crippen LogP contribution >= 0.6 is 0 Å². The molecular formula is C63H38N2. The van der Waals surface area contributed by atoms with Crippen LogP contribution in [-0.4, -0.2) is 9.55 Å². The van der Waals surface area contributed by atoms with Crippen molar-refractivity contribution in [3.05, 3.63) is 231 Å². The number of hydrogen-bond acceptors (Lipinski definition) is 1. The first kappa shape index (κ1) is 35.9. The van der Waals surface area contributed by atoms with Gasteiger partial charge in [0.25, 0.3) is 0 Å². The Balaban J connectivity index is 0.969. The van der Waals surface area contributed by atoms with Crippen molar-refractivity contribution in [2.45, 2.75) is 0 Å². The molecule has 1 aliphatic carbocycles. The van der Waals surface area contributed by atoms with Crippen LogP contribution in [0.3, 0.4) is 0 Å². The molecule has 0 atom stereocenters. The van der Waals surface area contributed by atoms with Gasteiger partial charge >= 0.3 is 0 Å². The van der Waals surface area contributed by atoms with Crippen molar-refractivity contribution in [3.63, 3.8) is 0 Å². The van der Waals surface area contributed by atoms with E-state index in [1.54, 1.807) is 0 Å². The zero-order chi connectivity index (χ0) is 42.6. The van der Waals surface area contributed by atoms with E-state index in [1.165, 1.54) is 115 Å². The highest BCUT2D eigenvalue weighted by molar-refractivity contribution is 6.29. The largest absolute Gasteiger partial charge is 0.309 e. The molecule has 11 aromatic carbocycles. The lowest BCUT2D eigenvalue weighted by Crippen LogP contribution is -1.95. The highest BCUT2D eigenvalue weighted by Crippen LogP contribution is 2.58. The fourth-order valence-electron chi connectivity index (χ4n) is 11.2. The van der Waals surface area contributed by atoms with Gasteiger partial charge in [0, 0.05) is 28.0 Å². The minimum absolute atomic E-state index is 0.999. The lowest BCUT2D eigenvalue weighted by molar-refractivity contribution is 1.18. The summed E-state index contributed by atoms with van der Waals surface area (Å²) in [7, 11) is 0. The molecule has 0 fully saturated rings. The fraction of sp³-hybridized carbons (Fsp3) is 0. The van der Waals surface area contributed by atoms with Crippen molar-refractivity contribution >= 4 is 65.0 Å². The van der Waals surface area contributed by atoms with Crippen LogP contribution in [0.1, 0.15) is 0 Å². The topological polar surface area (TPSA) is 17.8 Å². The van der Waals surface area contributed by atoms with Gasteiger partial charge in [0.2, 0.25) is 0 Å². The molecule has 0 unspecified atom stereocenters. The Hall–Kier alpha value is -8.59. The van der Waals surface area contributed by atoms with Crippen molar-refractivity contribution in [1.82, 2.24) is 9.55 Å². The number of benzene rings is 11. The summed E-state index contributed by atoms with van der Waals surface area (Å²) in [5.74, 6) is 0. The third kappa shape index (κ3) is 5.26. The monoisotopic (exact) mass is 822 g/mol. The first-order valence-corrected chi connectivity index (χ1v) is 22.5. The zero-order valence-electron chi connectivity index (χ0n) is 35.3. The van der Waals surface area contributed by atoms with Crippen LogP contribution in [0.25, 0.3) is 137 Å². The first-order valence-electron chi connectivity index (χ1n) is 22.5. The molecule has 0 spiro atoms. The summed E-state index contributed by atoms with van der Waals surface area (Å²) in [6.07, 6.45) is 2.04. The number of para-hydroxylation sites is 2. The van der Waals surface area contributed by atoms with E-state index in [2.05, 4.69) is 229 Å². The van der Waals surface area contributed by atoms with E-state index in [0.29, 0.717) is 0 Å². The number of hydrogen-bond donors (Lipinski definition) is 0. The van der Waals surface area contributed by atoms with E-state index in [9.17, 15) is 0 Å². The predicted octanol–water partition coefficient (Wildman–Crippen LogP) is 17.1. The van der Waals surface area contributed by atoms with Gasteiger partial charge in [-0.1, -0.05) is 200 Å². The molecule has 0 aliphatic heterocycles. The van der Waals surface area contributed by atoms with Crippen molar-refractivity contribution in [2.75, 3.05) is 0 Å². The van der Waals surface area contributed by atoms with Gasteiger partial charge in [0.1, 0.15) is 0 Å². The molecule has 2 heteroatoms. The minimum atomic E-state index is 0.999. The second-order valence-corrected chi connectivity index (χ2v) is 17.3. The molecule has 65 heavy (non-hydrogen) atoms. The lowest BCUT2D eigenvalue weighted by atomic mass is 9.82. The normalized spacial score (nSPS) is 12.0. The van der Waals surface area contributed by atoms with Gasteiger partial charge in [-0.15, -0.1) is 0 Å². The number of rotatable bonds is 5. The minimum Gasteiger partial charge on any atom is -0.309 e. The van der Waals surface area contributed by atoms with E-state index in [4.69, 9.17) is 4.98 Å². The van der Waals surface area contributed by atoms with Crippen LogP contribution in [0.15, 0.2) is 231 Å². The van der Waals surface area contributed by atoms with E-state index >= 15 is 0 Å². The fourth-order valence-corrected chi connectivity index (χ4v) is 11.2. The molecule has 14 rings (SSSR count). The number of nitrogens with zero attached hydrogens (tertiary/aromatic N) is 2. The Bertz CT molecular complexity index is 4080. The van der Waals surface area contributed by atoms with Crippen LogP contribution in [0, 0.1) is 0 Å². The Kier molecular flexibility index (Phi) is 7.72. The summed E-state index contributed by atoms with van der Waals surface area (Å²) in [6, 6.07) is 82.6. The molecule has 2 heterocycles. The van der Waals surface area contributed by atoms with Crippen molar-refractivity contribution < 1.29 is 0 Å². The highest BCUT2D eigenvalue weighted by Gasteiger charge is 2.31. The van der Waals surface area contributed by atoms with Gasteiger partial charge in [-0.05, 0) is 123 Å². The third-order valence-corrected chi connectivity index (χ3v) is 14.0. The van der Waals surface area contributed by atoms with E-state index in [1.807, 2.05) is 6.20 Å². The van der Waals surface area contributed by atoms with Gasteiger partial charge in [-0.2, -0.15) is 0 Å². The second kappa shape index (κ2) is 14.0. The Morgan fingerprint density at radius 3 is 1.57 bits per heavy atom. The number of aromatic nitrogens is 2. The molecule has 13 aromatic rings. The maximum Gasteiger partial charge on any atom is 0.0723 e. The van der Waals surface area contributed by atoms with Crippen LogP contribution in [0.4, 0.5) is 0 Å². The van der Waals surface area contributed by atoms with Crippen LogP contribution in [0.5, 0.6) is 0 Å². The maximum absolute atomic E-state index is 4.85. The van der Waals surface area contributed by atoms with Gasteiger partial charge in [0.05, 0.1) is 16.6 Å². The Morgan fingerprint density at radius 1 is 0.292 bits per heavy atom. The molecule has 0 amide bonds. The molecule has 2 aromatic heterocycles. The van der Waals surface area contributed by atoms with E-state index in [0.717, 1.165) is 22.0 Å². The van der Waals surface area contributed by atoms with Gasteiger partial charge < -0.3 is 4.57 Å². The molecule has 0 bridgehead atoms. The summed E-state index contributed by atoms with van der Waals surface area (Å²) in [4.78, 5) is 4.85. The van der Waals surface area contributed by atoms with Crippen LogP contribution < -0.4 is 0 Å². The smallest absolute Gasteiger partial charge is 0.0723 e. The molecule has 0 radical (unpaired) electrons. The average molecular weight is 823 g/mol. The summed E-state index contributed by atoms with van der Waals surface area (Å²) in [5, 5.41) is 11.1. The van der Waals surface area contributed by atoms with E-state index in [-0.39, 0.29) is 0 Å². The van der Waals surface area contributed by atoms with E-state index < -0.39 is 0 Å². The molecule has 2 nitrogen and oxygen atoms in total. The first-order chi connectivity index (χ1) is 32.3. The van der Waals surface area contributed by atoms with Gasteiger partial charge in [0.15, 0.2) is 0 Å². The standard InChI is InChI=1S/C63H38N2/c1-2-15-42(16-3-1)58-50-20-6-7-21-51(50)59(43-30-28-40(29-31-43)46-23-12-17-39-14-4-5-18-45(39)46)61-53-25-13-24-49-47(36-37-54(60(49)53)62(58)61)41-32-34-44(35-33-41)65-57-27-11-9-19-48(57)55-38-64-56-26-10-8-22-52(56)63(55)65/h1-38H. The van der Waals surface area contributed by atoms with Gasteiger partial charge in [-0.25, -0.2) is 0 Å². The molecule has 0 saturated carbocycles. The molecule has 300 valence electrons. The molecule has 0 N–H and O–H groups in total. The second-order valence-electron chi connectivity index (χ2n) is 17.3. The highest BCUT2D eigenvalue weighted by atomic mass is 15.0. The van der Waals surface area contributed by atoms with Crippen LogP contribution in [-0.2, 0) is 0 Å². The molecular weight excluding hydrogens is 785 g/mol. The summed E-state index contributed by atoms with van der Waals surface area (Å²) in [6.45, 7) is 0.